The summed E-state index contributed by atoms with van der Waals surface area (Å²) in [4.78, 5) is 12.6. The largest absolute Gasteiger partial charge is 0.497 e. The first-order chi connectivity index (χ1) is 26.6. The van der Waals surface area contributed by atoms with Gasteiger partial charge in [-0.3, -0.25) is 0 Å². The Labute approximate surface area is 267 Å². The Bertz CT molecular complexity index is 1900. The molecule has 2 aliphatic rings. The standard InChI is InChI=1S/C29H40N2O9S/c1-19(2)16-31(41(34,35)23-11-9-22(37-4)10-12-23)17-26(32)25(15-20-5-7-21(36-3)8-6-20)30-29(33)40-27-18-39-28-24(27)13-14-38-28/h5-12,19,24-28,32H,13-18H2,1-4H3,(H,30,33)/t24-,25-,26+,27-,28+/m0/s1/i1D3,2D3,3D3,4D3,16D2,18D2,19D,27D. The molecule has 2 fully saturated rings. The Morgan fingerprint density at radius 1 is 1.20 bits per heavy atom. The summed E-state index contributed by atoms with van der Waals surface area (Å²) >= 11 is 0. The van der Waals surface area contributed by atoms with E-state index < -0.39 is 121 Å². The molecule has 2 heterocycles. The van der Waals surface area contributed by atoms with Gasteiger partial charge in [0.1, 0.15) is 17.6 Å². The van der Waals surface area contributed by atoms with E-state index >= 15 is 0 Å². The highest BCUT2D eigenvalue weighted by atomic mass is 32.2. The van der Waals surface area contributed by atoms with E-state index in [4.69, 9.17) is 48.4 Å². The maximum absolute atomic E-state index is 14.3. The summed E-state index contributed by atoms with van der Waals surface area (Å²) in [5, 5.41) is 13.9. The molecule has 0 aliphatic carbocycles. The molecule has 41 heavy (non-hydrogen) atoms. The molecule has 1 amide bonds. The number of sulfonamides is 1. The number of rotatable bonds is 13. The monoisotopic (exact) mass is 610 g/mol. The summed E-state index contributed by atoms with van der Waals surface area (Å²) in [5.41, 5.74) is 0.138. The van der Waals surface area contributed by atoms with E-state index in [9.17, 15) is 18.3 Å². The van der Waals surface area contributed by atoms with Crippen LogP contribution in [-0.4, -0.2) is 88.7 Å². The second-order valence-electron chi connectivity index (χ2n) is 8.97. The number of hydrogen-bond donors (Lipinski definition) is 2. The first kappa shape index (κ1) is 15.0. The number of ether oxygens (including phenoxy) is 5. The van der Waals surface area contributed by atoms with Gasteiger partial charge in [0.05, 0.1) is 62.5 Å². The molecule has 4 rings (SSSR count). The minimum atomic E-state index is -5.57. The Balaban J connectivity index is 1.81. The Kier molecular flexibility index (Phi) is 5.07. The second-order valence-corrected chi connectivity index (χ2v) is 10.8. The van der Waals surface area contributed by atoms with Gasteiger partial charge in [-0.1, -0.05) is 25.8 Å². The van der Waals surface area contributed by atoms with Crippen LogP contribution in [0.2, 0.25) is 0 Å². The van der Waals surface area contributed by atoms with Crippen molar-refractivity contribution in [2.75, 3.05) is 40.3 Å². The topological polar surface area (TPSA) is 133 Å². The van der Waals surface area contributed by atoms with Gasteiger partial charge in [0, 0.05) is 25.4 Å². The number of methoxy groups -OCH3 is 2. The molecule has 0 spiro atoms. The Morgan fingerprint density at radius 3 is 2.54 bits per heavy atom. The van der Waals surface area contributed by atoms with Crippen molar-refractivity contribution in [3.8, 4) is 11.5 Å². The summed E-state index contributed by atoms with van der Waals surface area (Å²) in [6, 6.07) is 6.02. The molecule has 12 heteroatoms. The Hall–Kier alpha value is -2.90. The number of nitrogens with zero attached hydrogens (tertiary/aromatic N) is 1. The zero-order valence-electron chi connectivity index (χ0n) is 39.3. The van der Waals surface area contributed by atoms with E-state index in [-0.39, 0.29) is 24.3 Å². The number of alkyl carbamates (subject to hydrolysis) is 1. The van der Waals surface area contributed by atoms with Crippen molar-refractivity contribution in [3.05, 3.63) is 54.1 Å². The van der Waals surface area contributed by atoms with Crippen molar-refractivity contribution in [2.45, 2.75) is 56.0 Å². The van der Waals surface area contributed by atoms with Gasteiger partial charge in [-0.25, -0.2) is 13.2 Å². The lowest BCUT2D eigenvalue weighted by atomic mass is 10.0. The lowest BCUT2D eigenvalue weighted by Gasteiger charge is -2.31. The third kappa shape index (κ3) is 7.89. The van der Waals surface area contributed by atoms with Gasteiger partial charge in [-0.2, -0.15) is 4.31 Å². The van der Waals surface area contributed by atoms with E-state index in [0.717, 1.165) is 12.1 Å². The number of benzene rings is 2. The number of aliphatic hydroxyl groups is 1. The minimum Gasteiger partial charge on any atom is -0.497 e. The molecule has 0 saturated carbocycles. The van der Waals surface area contributed by atoms with Crippen LogP contribution in [0, 0.1) is 11.8 Å². The third-order valence-corrected chi connectivity index (χ3v) is 7.93. The highest BCUT2D eigenvalue weighted by Gasteiger charge is 2.44. The number of amides is 1. The van der Waals surface area contributed by atoms with Gasteiger partial charge >= 0.3 is 6.09 Å². The molecular weight excluding hydrogens is 552 g/mol. The van der Waals surface area contributed by atoms with Gasteiger partial charge in [0.15, 0.2) is 6.29 Å². The number of aliphatic hydroxyl groups excluding tert-OH is 1. The van der Waals surface area contributed by atoms with Crippen molar-refractivity contribution in [1.29, 1.82) is 0 Å². The van der Waals surface area contributed by atoms with Crippen molar-refractivity contribution in [2.24, 2.45) is 11.8 Å². The molecule has 2 N–H and O–H groups in total. The average Bonchev–Trinajstić information content (AvgIpc) is 3.59. The molecule has 0 aromatic heterocycles. The van der Waals surface area contributed by atoms with E-state index in [1.54, 1.807) is 0 Å². The van der Waals surface area contributed by atoms with E-state index in [0.29, 0.717) is 12.1 Å². The maximum Gasteiger partial charge on any atom is 0.407 e. The van der Waals surface area contributed by atoms with Crippen LogP contribution in [0.3, 0.4) is 0 Å². The zero-order valence-corrected chi connectivity index (χ0v) is 22.1. The molecular formula is C29H40N2O9S. The molecule has 0 radical (unpaired) electrons. The van der Waals surface area contributed by atoms with Crippen molar-refractivity contribution in [1.82, 2.24) is 9.62 Å². The molecule has 0 unspecified atom stereocenters. The third-order valence-electron chi connectivity index (χ3n) is 6.24. The van der Waals surface area contributed by atoms with Gasteiger partial charge in [-0.15, -0.1) is 0 Å². The SMILES string of the molecule is [2H]C([2H])([2H])Oc1ccc(C[C@H](NC(=O)O[C@]2([2H])[C@@H]3CCO[C@@H]3OC2([2H])[2H])[C@H](O)CN(C([2H])([2H])C([2H])(C([2H])([2H])[2H])C([2H])([2H])[2H])S(=O)(=O)c2ccc(OC([2H])([2H])[2H])cc2)cc1. The van der Waals surface area contributed by atoms with Gasteiger partial charge in [-0.05, 0) is 60.7 Å². The number of hydrogen-bond acceptors (Lipinski definition) is 9. The smallest absolute Gasteiger partial charge is 0.407 e. The summed E-state index contributed by atoms with van der Waals surface area (Å²) in [5.74, 6) is -5.99. The average molecular weight is 611 g/mol. The summed E-state index contributed by atoms with van der Waals surface area (Å²) in [6.45, 7) is -17.0. The summed E-state index contributed by atoms with van der Waals surface area (Å²) in [6.07, 6.45) is -8.59. The molecule has 2 aliphatic heterocycles. The molecule has 5 atom stereocenters. The fraction of sp³-hybridized carbons (Fsp3) is 0.552. The van der Waals surface area contributed by atoms with Crippen LogP contribution in [0.15, 0.2) is 53.4 Å². The fourth-order valence-corrected chi connectivity index (χ4v) is 5.46. The van der Waals surface area contributed by atoms with Gasteiger partial charge in [0.2, 0.25) is 10.0 Å². The maximum atomic E-state index is 14.3. The quantitative estimate of drug-likeness (QED) is 0.351. The predicted octanol–water partition coefficient (Wildman–Crippen LogP) is 2.81. The van der Waals surface area contributed by atoms with Crippen LogP contribution in [0.5, 0.6) is 11.5 Å². The van der Waals surface area contributed by atoms with E-state index in [1.807, 2.05) is 0 Å². The minimum absolute atomic E-state index is 0.0186. The predicted molar refractivity (Wildman–Crippen MR) is 150 cm³/mol. The molecule has 2 aromatic carbocycles. The Morgan fingerprint density at radius 2 is 1.88 bits per heavy atom. The summed E-state index contributed by atoms with van der Waals surface area (Å²) in [7, 11) is -11.4. The highest BCUT2D eigenvalue weighted by Crippen LogP contribution is 2.33. The van der Waals surface area contributed by atoms with Crippen LogP contribution in [0.1, 0.15) is 50.4 Å². The van der Waals surface area contributed by atoms with Gasteiger partial charge in [0.25, 0.3) is 0 Å². The number of carbonyl (C=O) groups is 1. The molecule has 226 valence electrons. The van der Waals surface area contributed by atoms with Crippen LogP contribution < -0.4 is 14.8 Å². The fourth-order valence-electron chi connectivity index (χ4n) is 4.17. The van der Waals surface area contributed by atoms with E-state index in [2.05, 4.69) is 5.32 Å². The first-order valence-corrected chi connectivity index (χ1v) is 13.6. The molecule has 0 bridgehead atoms. The molecule has 2 aromatic rings. The summed E-state index contributed by atoms with van der Waals surface area (Å²) < 4.78 is 196. The highest BCUT2D eigenvalue weighted by molar-refractivity contribution is 7.89. The van der Waals surface area contributed by atoms with Crippen molar-refractivity contribution < 1.29 is 66.7 Å². The van der Waals surface area contributed by atoms with Crippen molar-refractivity contribution >= 4 is 16.1 Å². The lowest BCUT2D eigenvalue weighted by Crippen LogP contribution is -2.51. The van der Waals surface area contributed by atoms with Gasteiger partial charge < -0.3 is 34.1 Å². The van der Waals surface area contributed by atoms with Crippen molar-refractivity contribution in [3.63, 3.8) is 0 Å². The van der Waals surface area contributed by atoms with E-state index in [1.165, 1.54) is 24.3 Å². The number of nitrogens with one attached hydrogen (secondary N) is 1. The molecule has 11 nitrogen and oxygen atoms in total. The van der Waals surface area contributed by atoms with Crippen LogP contribution in [0.4, 0.5) is 4.79 Å². The number of fused-ring (bicyclic) bond motifs is 1. The van der Waals surface area contributed by atoms with Crippen LogP contribution in [0.25, 0.3) is 0 Å². The molecule has 2 saturated heterocycles. The normalized spacial score (nSPS) is 33.2. The van der Waals surface area contributed by atoms with Crippen LogP contribution >= 0.6 is 0 Å². The lowest BCUT2D eigenvalue weighted by molar-refractivity contribution is -0.0907. The second kappa shape index (κ2) is 13.8. The number of carbonyl (C=O) groups excluding carboxylic acids is 1. The first-order valence-electron chi connectivity index (χ1n) is 21.1. The zero-order chi connectivity index (χ0) is 45.0. The van der Waals surface area contributed by atoms with Crippen LogP contribution in [-0.2, 0) is 30.7 Å².